The number of carbonyl (C=O) groups is 2. The van der Waals surface area contributed by atoms with Crippen molar-refractivity contribution in [3.63, 3.8) is 0 Å². The number of hydrogen-bond donors (Lipinski definition) is 1. The molecule has 1 N–H and O–H groups in total. The zero-order valence-electron chi connectivity index (χ0n) is 9.60. The van der Waals surface area contributed by atoms with Crippen LogP contribution in [0.2, 0.25) is 0 Å². The van der Waals surface area contributed by atoms with E-state index in [0.29, 0.717) is 18.6 Å². The maximum Gasteiger partial charge on any atom is 0.314 e. The lowest BCUT2D eigenvalue weighted by atomic mass is 9.94. The summed E-state index contributed by atoms with van der Waals surface area (Å²) in [7, 11) is 0. The number of aliphatic carboxylic acids is 1. The number of carboxylic acids is 1. The van der Waals surface area contributed by atoms with E-state index in [4.69, 9.17) is 9.84 Å². The van der Waals surface area contributed by atoms with Crippen molar-refractivity contribution in [2.45, 2.75) is 19.8 Å². The molecule has 1 aromatic carbocycles. The number of carbonyl (C=O) groups excluding carboxylic acids is 1. The summed E-state index contributed by atoms with van der Waals surface area (Å²) in [4.78, 5) is 22.9. The van der Waals surface area contributed by atoms with Gasteiger partial charge in [-0.2, -0.15) is 0 Å². The molecule has 0 saturated heterocycles. The summed E-state index contributed by atoms with van der Waals surface area (Å²) in [5.41, 5.74) is 1.44. The Morgan fingerprint density at radius 3 is 2.88 bits per heavy atom. The molecule has 4 heteroatoms. The third-order valence-corrected chi connectivity index (χ3v) is 3.00. The Hall–Kier alpha value is -1.84. The molecule has 0 saturated carbocycles. The molecule has 0 fully saturated rings. The summed E-state index contributed by atoms with van der Waals surface area (Å²) >= 11 is 0. The summed E-state index contributed by atoms with van der Waals surface area (Å²) < 4.78 is 5.34. The SMILES string of the molecule is CCC(C(=O)O)C(=O)c1ccc2c(c1)CCO2. The fraction of sp³-hybridized carbons (Fsp3) is 0.385. The molecule has 0 radical (unpaired) electrons. The second-order valence-electron chi connectivity index (χ2n) is 4.08. The number of rotatable bonds is 4. The van der Waals surface area contributed by atoms with Gasteiger partial charge < -0.3 is 9.84 Å². The van der Waals surface area contributed by atoms with Crippen LogP contribution < -0.4 is 4.74 Å². The number of benzene rings is 1. The van der Waals surface area contributed by atoms with Crippen molar-refractivity contribution in [2.75, 3.05) is 6.61 Å². The van der Waals surface area contributed by atoms with Crippen molar-refractivity contribution in [1.82, 2.24) is 0 Å². The van der Waals surface area contributed by atoms with Crippen molar-refractivity contribution < 1.29 is 19.4 Å². The summed E-state index contributed by atoms with van der Waals surface area (Å²) in [6, 6.07) is 5.12. The molecule has 0 aromatic heterocycles. The van der Waals surface area contributed by atoms with Crippen LogP contribution in [0.25, 0.3) is 0 Å². The minimum absolute atomic E-state index is 0.307. The lowest BCUT2D eigenvalue weighted by Gasteiger charge is -2.09. The first-order valence-electron chi connectivity index (χ1n) is 5.66. The zero-order valence-corrected chi connectivity index (χ0v) is 9.60. The number of ketones is 1. The Bertz CT molecular complexity index is 464. The second-order valence-corrected chi connectivity index (χ2v) is 4.08. The van der Waals surface area contributed by atoms with E-state index in [2.05, 4.69) is 0 Å². The van der Waals surface area contributed by atoms with Gasteiger partial charge in [0.05, 0.1) is 6.61 Å². The van der Waals surface area contributed by atoms with Crippen molar-refractivity contribution in [2.24, 2.45) is 5.92 Å². The molecule has 1 aliphatic rings. The molecular weight excluding hydrogens is 220 g/mol. The maximum atomic E-state index is 12.0. The molecule has 0 spiro atoms. The highest BCUT2D eigenvalue weighted by molar-refractivity contribution is 6.08. The lowest BCUT2D eigenvalue weighted by molar-refractivity contribution is -0.140. The summed E-state index contributed by atoms with van der Waals surface area (Å²) in [5.74, 6) is -1.54. The van der Waals surface area contributed by atoms with E-state index >= 15 is 0 Å². The van der Waals surface area contributed by atoms with Crippen LogP contribution in [0, 0.1) is 5.92 Å². The Morgan fingerprint density at radius 1 is 1.47 bits per heavy atom. The van der Waals surface area contributed by atoms with Crippen molar-refractivity contribution in [1.29, 1.82) is 0 Å². The Balaban J connectivity index is 2.28. The molecule has 1 atom stereocenters. The smallest absolute Gasteiger partial charge is 0.314 e. The van der Waals surface area contributed by atoms with Crippen LogP contribution in [-0.4, -0.2) is 23.5 Å². The Labute approximate surface area is 99.2 Å². The summed E-state index contributed by atoms with van der Waals surface area (Å²) in [6.07, 6.45) is 1.09. The lowest BCUT2D eigenvalue weighted by Crippen LogP contribution is -2.23. The number of carboxylic acid groups (broad SMARTS) is 1. The van der Waals surface area contributed by atoms with Gasteiger partial charge in [-0.3, -0.25) is 9.59 Å². The third kappa shape index (κ3) is 2.16. The number of fused-ring (bicyclic) bond motifs is 1. The average molecular weight is 234 g/mol. The molecule has 4 nitrogen and oxygen atoms in total. The van der Waals surface area contributed by atoms with Crippen LogP contribution in [0.3, 0.4) is 0 Å². The van der Waals surface area contributed by atoms with Gasteiger partial charge in [-0.05, 0) is 30.2 Å². The van der Waals surface area contributed by atoms with Gasteiger partial charge in [0.15, 0.2) is 5.78 Å². The monoisotopic (exact) mass is 234 g/mol. The fourth-order valence-electron chi connectivity index (χ4n) is 2.01. The molecule has 1 heterocycles. The highest BCUT2D eigenvalue weighted by Gasteiger charge is 2.26. The zero-order chi connectivity index (χ0) is 12.4. The van der Waals surface area contributed by atoms with Gasteiger partial charge in [0.1, 0.15) is 11.7 Å². The molecule has 0 amide bonds. The van der Waals surface area contributed by atoms with Gasteiger partial charge in [-0.25, -0.2) is 0 Å². The minimum Gasteiger partial charge on any atom is -0.493 e. The predicted octanol–water partition coefficient (Wildman–Crippen LogP) is 1.92. The van der Waals surface area contributed by atoms with Crippen LogP contribution >= 0.6 is 0 Å². The van der Waals surface area contributed by atoms with Crippen molar-refractivity contribution in [3.8, 4) is 5.75 Å². The summed E-state index contributed by atoms with van der Waals surface area (Å²) in [6.45, 7) is 2.33. The first-order valence-corrected chi connectivity index (χ1v) is 5.66. The van der Waals surface area contributed by atoms with E-state index in [-0.39, 0.29) is 5.78 Å². The van der Waals surface area contributed by atoms with Gasteiger partial charge >= 0.3 is 5.97 Å². The van der Waals surface area contributed by atoms with Crippen LogP contribution in [0.4, 0.5) is 0 Å². The Kier molecular flexibility index (Phi) is 3.13. The third-order valence-electron chi connectivity index (χ3n) is 3.00. The first kappa shape index (κ1) is 11.6. The molecular formula is C13H14O4. The van der Waals surface area contributed by atoms with Crippen molar-refractivity contribution in [3.05, 3.63) is 29.3 Å². The van der Waals surface area contributed by atoms with E-state index in [1.165, 1.54) is 0 Å². The standard InChI is InChI=1S/C13H14O4/c1-2-10(13(15)16)12(14)9-3-4-11-8(7-9)5-6-17-11/h3-4,7,10H,2,5-6H2,1H3,(H,15,16). The second kappa shape index (κ2) is 4.57. The van der Waals surface area contributed by atoms with Crippen LogP contribution in [0.1, 0.15) is 29.3 Å². The Morgan fingerprint density at radius 2 is 2.24 bits per heavy atom. The largest absolute Gasteiger partial charge is 0.493 e. The van der Waals surface area contributed by atoms with Crippen LogP contribution in [-0.2, 0) is 11.2 Å². The topological polar surface area (TPSA) is 63.6 Å². The van der Waals surface area contributed by atoms with Crippen LogP contribution in [0.5, 0.6) is 5.75 Å². The van der Waals surface area contributed by atoms with E-state index in [1.807, 2.05) is 0 Å². The quantitative estimate of drug-likeness (QED) is 0.638. The molecule has 17 heavy (non-hydrogen) atoms. The van der Waals surface area contributed by atoms with E-state index in [1.54, 1.807) is 25.1 Å². The van der Waals surface area contributed by atoms with Gasteiger partial charge in [-0.1, -0.05) is 6.92 Å². The van der Waals surface area contributed by atoms with E-state index in [9.17, 15) is 9.59 Å². The molecule has 1 aliphatic heterocycles. The minimum atomic E-state index is -1.06. The molecule has 0 aliphatic carbocycles. The van der Waals surface area contributed by atoms with Gasteiger partial charge in [0, 0.05) is 12.0 Å². The maximum absolute atomic E-state index is 12.0. The number of ether oxygens (including phenoxy) is 1. The average Bonchev–Trinajstić information content (AvgIpc) is 2.75. The molecule has 0 bridgehead atoms. The highest BCUT2D eigenvalue weighted by atomic mass is 16.5. The van der Waals surface area contributed by atoms with E-state index < -0.39 is 11.9 Å². The molecule has 2 rings (SSSR count). The summed E-state index contributed by atoms with van der Waals surface area (Å²) in [5, 5.41) is 8.95. The van der Waals surface area contributed by atoms with Crippen molar-refractivity contribution >= 4 is 11.8 Å². The number of Topliss-reactive ketones (excluding diaryl/α,β-unsaturated/α-hetero) is 1. The van der Waals surface area contributed by atoms with Gasteiger partial charge in [0.25, 0.3) is 0 Å². The number of hydrogen-bond acceptors (Lipinski definition) is 3. The predicted molar refractivity (Wildman–Crippen MR) is 61.4 cm³/mol. The molecule has 1 aromatic rings. The highest BCUT2D eigenvalue weighted by Crippen LogP contribution is 2.27. The molecule has 90 valence electrons. The normalized spacial score (nSPS) is 14.9. The van der Waals surface area contributed by atoms with E-state index in [0.717, 1.165) is 17.7 Å². The van der Waals surface area contributed by atoms with Gasteiger partial charge in [-0.15, -0.1) is 0 Å². The first-order chi connectivity index (χ1) is 8.13. The molecule has 1 unspecified atom stereocenters. The van der Waals surface area contributed by atoms with Gasteiger partial charge in [0.2, 0.25) is 0 Å². The fourth-order valence-corrected chi connectivity index (χ4v) is 2.01. The van der Waals surface area contributed by atoms with Crippen LogP contribution in [0.15, 0.2) is 18.2 Å².